The molecule has 3 aromatic carbocycles. The number of ether oxygens (including phenoxy) is 1. The van der Waals surface area contributed by atoms with Crippen molar-refractivity contribution in [1.29, 1.82) is 0 Å². The monoisotopic (exact) mass is 501 g/mol. The van der Waals surface area contributed by atoms with Crippen LogP contribution in [0.3, 0.4) is 0 Å². The van der Waals surface area contributed by atoms with Gasteiger partial charge in [-0.05, 0) is 61.1 Å². The quantitative estimate of drug-likeness (QED) is 0.332. The summed E-state index contributed by atoms with van der Waals surface area (Å²) in [6.07, 6.45) is 0. The van der Waals surface area contributed by atoms with E-state index in [-0.39, 0.29) is 19.5 Å². The van der Waals surface area contributed by atoms with E-state index in [0.29, 0.717) is 27.4 Å². The minimum Gasteiger partial charge on any atom is -0.492 e. The van der Waals surface area contributed by atoms with Gasteiger partial charge in [0.2, 0.25) is 0 Å². The molecule has 33 heavy (non-hydrogen) atoms. The number of anilines is 1. The molecule has 3 aromatic rings. The minimum absolute atomic E-state index is 0. The van der Waals surface area contributed by atoms with E-state index in [0.717, 1.165) is 30.1 Å². The van der Waals surface area contributed by atoms with E-state index in [4.69, 9.17) is 46.1 Å². The smallest absolute Gasteiger partial charge is 0.187 e. The van der Waals surface area contributed by atoms with Crippen molar-refractivity contribution in [2.45, 2.75) is 19.5 Å². The normalized spacial score (nSPS) is 18.3. The van der Waals surface area contributed by atoms with Gasteiger partial charge in [0.1, 0.15) is 12.4 Å². The Morgan fingerprint density at radius 1 is 0.939 bits per heavy atom. The molecule has 0 N–H and O–H groups in total. The van der Waals surface area contributed by atoms with Crippen molar-refractivity contribution >= 4 is 46.2 Å². The molecule has 172 valence electrons. The third-order valence-electron chi connectivity index (χ3n) is 5.76. The van der Waals surface area contributed by atoms with Gasteiger partial charge in [-0.1, -0.05) is 60.4 Å². The number of likely N-dealkylation sites (N-methyl/N-ethyl adjacent to an activating group) is 1. The molecule has 0 amide bonds. The third kappa shape index (κ3) is 5.93. The lowest BCUT2D eigenvalue weighted by molar-refractivity contribution is 0.129. The number of benzene rings is 3. The number of rotatable bonds is 5. The summed E-state index contributed by atoms with van der Waals surface area (Å²) in [4.78, 5) is 8.07. The van der Waals surface area contributed by atoms with Gasteiger partial charge >= 0.3 is 0 Å². The fraction of sp³-hybridized carbons (Fsp3) is 0.269. The average molecular weight is 503 g/mol. The average Bonchev–Trinajstić information content (AvgIpc) is 2.79. The molecule has 0 spiro atoms. The summed E-state index contributed by atoms with van der Waals surface area (Å²) in [6.45, 7) is 9.13. The SMILES string of the molecule is C.[C-]#[N+]c1ccc(OC[C@H]2CN(c3ccc(Cl)cc3)[C@@H](c3ccc(Cl)cc3Cl)CN2C)cc1. The summed E-state index contributed by atoms with van der Waals surface area (Å²) < 4.78 is 6.06. The Kier molecular flexibility index (Phi) is 8.51. The zero-order valence-corrected chi connectivity index (χ0v) is 19.8. The third-order valence-corrected chi connectivity index (χ3v) is 6.57. The minimum atomic E-state index is 0. The van der Waals surface area contributed by atoms with E-state index in [1.807, 2.05) is 48.5 Å². The lowest BCUT2D eigenvalue weighted by Gasteiger charge is -2.46. The summed E-state index contributed by atoms with van der Waals surface area (Å²) in [5, 5.41) is 1.98. The molecule has 1 saturated heterocycles. The highest BCUT2D eigenvalue weighted by molar-refractivity contribution is 6.35. The van der Waals surface area contributed by atoms with Crippen LogP contribution in [0.4, 0.5) is 11.4 Å². The molecular weight excluding hydrogens is 477 g/mol. The predicted molar refractivity (Wildman–Crippen MR) is 139 cm³/mol. The molecule has 0 unspecified atom stereocenters. The molecule has 0 bridgehead atoms. The molecule has 1 heterocycles. The van der Waals surface area contributed by atoms with E-state index in [1.165, 1.54) is 0 Å². The lowest BCUT2D eigenvalue weighted by Crippen LogP contribution is -2.55. The van der Waals surface area contributed by atoms with Gasteiger partial charge in [-0.3, -0.25) is 4.90 Å². The second-order valence-electron chi connectivity index (χ2n) is 7.82. The van der Waals surface area contributed by atoms with Crippen molar-refractivity contribution in [1.82, 2.24) is 4.90 Å². The van der Waals surface area contributed by atoms with Crippen LogP contribution < -0.4 is 9.64 Å². The van der Waals surface area contributed by atoms with Crippen molar-refractivity contribution in [3.05, 3.63) is 98.8 Å². The van der Waals surface area contributed by atoms with Crippen molar-refractivity contribution in [3.63, 3.8) is 0 Å². The maximum Gasteiger partial charge on any atom is 0.187 e. The van der Waals surface area contributed by atoms with E-state index in [2.05, 4.69) is 21.7 Å². The van der Waals surface area contributed by atoms with Gasteiger partial charge in [0.15, 0.2) is 5.69 Å². The van der Waals surface area contributed by atoms with Gasteiger partial charge in [0, 0.05) is 33.8 Å². The van der Waals surface area contributed by atoms with E-state index >= 15 is 0 Å². The zero-order chi connectivity index (χ0) is 22.7. The predicted octanol–water partition coefficient (Wildman–Crippen LogP) is 7.77. The van der Waals surface area contributed by atoms with Gasteiger partial charge < -0.3 is 9.64 Å². The first-order valence-corrected chi connectivity index (χ1v) is 11.4. The van der Waals surface area contributed by atoms with Crippen molar-refractivity contribution in [3.8, 4) is 5.75 Å². The van der Waals surface area contributed by atoms with Crippen LogP contribution in [-0.4, -0.2) is 37.7 Å². The number of hydrogen-bond donors (Lipinski definition) is 0. The number of halogens is 3. The van der Waals surface area contributed by atoms with Crippen LogP contribution in [0.25, 0.3) is 4.85 Å². The Hall–Kier alpha value is -2.42. The second-order valence-corrected chi connectivity index (χ2v) is 9.10. The highest BCUT2D eigenvalue weighted by Gasteiger charge is 2.34. The van der Waals surface area contributed by atoms with Crippen LogP contribution in [0, 0.1) is 6.57 Å². The topological polar surface area (TPSA) is 20.1 Å². The molecule has 1 aliphatic rings. The number of nitrogens with zero attached hydrogens (tertiary/aromatic N) is 3. The van der Waals surface area contributed by atoms with Crippen LogP contribution >= 0.6 is 34.8 Å². The summed E-state index contributed by atoms with van der Waals surface area (Å²) in [5.41, 5.74) is 2.71. The molecule has 0 saturated carbocycles. The summed E-state index contributed by atoms with van der Waals surface area (Å²) in [5.74, 6) is 0.756. The van der Waals surface area contributed by atoms with Crippen LogP contribution in [0.15, 0.2) is 66.7 Å². The van der Waals surface area contributed by atoms with Gasteiger partial charge in [0.25, 0.3) is 0 Å². The highest BCUT2D eigenvalue weighted by atomic mass is 35.5. The molecule has 1 fully saturated rings. The molecule has 0 aromatic heterocycles. The number of piperazine rings is 1. The molecule has 2 atom stereocenters. The first-order chi connectivity index (χ1) is 15.4. The molecule has 1 aliphatic heterocycles. The lowest BCUT2D eigenvalue weighted by atomic mass is 9.98. The van der Waals surface area contributed by atoms with Gasteiger partial charge in [-0.25, -0.2) is 4.85 Å². The van der Waals surface area contributed by atoms with Gasteiger partial charge in [-0.2, -0.15) is 0 Å². The molecular formula is C26H26Cl3N3O. The maximum atomic E-state index is 7.08. The largest absolute Gasteiger partial charge is 0.492 e. The summed E-state index contributed by atoms with van der Waals surface area (Å²) in [6, 6.07) is 21.0. The van der Waals surface area contributed by atoms with Crippen LogP contribution in [0.5, 0.6) is 5.75 Å². The maximum absolute atomic E-state index is 7.08. The Labute approximate surface area is 211 Å². The van der Waals surface area contributed by atoms with Crippen molar-refractivity contribution in [2.24, 2.45) is 0 Å². The molecule has 0 radical (unpaired) electrons. The molecule has 4 nitrogen and oxygen atoms in total. The Morgan fingerprint density at radius 3 is 2.24 bits per heavy atom. The Bertz CT molecular complexity index is 1110. The molecule has 7 heteroatoms. The number of hydrogen-bond acceptors (Lipinski definition) is 3. The van der Waals surface area contributed by atoms with E-state index in [9.17, 15) is 0 Å². The van der Waals surface area contributed by atoms with Crippen LogP contribution in [0.2, 0.25) is 15.1 Å². The zero-order valence-electron chi connectivity index (χ0n) is 17.5. The Morgan fingerprint density at radius 2 is 1.61 bits per heavy atom. The van der Waals surface area contributed by atoms with E-state index < -0.39 is 0 Å². The standard InChI is InChI=1S/C25H22Cl3N3O.CH4/c1-29-19-6-10-22(11-7-19)32-16-21-14-31(20-8-3-17(26)4-9-20)25(15-30(21)2)23-12-5-18(27)13-24(23)28;/h3-13,21,25H,14-16H2,2H3;1H4/t21-,25-;/m1./s1. The van der Waals surface area contributed by atoms with Crippen molar-refractivity contribution in [2.75, 3.05) is 31.6 Å². The fourth-order valence-electron chi connectivity index (χ4n) is 3.96. The molecule has 0 aliphatic carbocycles. The van der Waals surface area contributed by atoms with Crippen LogP contribution in [0.1, 0.15) is 19.0 Å². The second kappa shape index (κ2) is 11.1. The summed E-state index contributed by atoms with van der Waals surface area (Å²) >= 11 is 18.9. The Balaban J connectivity index is 0.00000306. The van der Waals surface area contributed by atoms with Gasteiger partial charge in [-0.15, -0.1) is 0 Å². The van der Waals surface area contributed by atoms with E-state index in [1.54, 1.807) is 18.2 Å². The molecule has 4 rings (SSSR count). The first kappa shape index (κ1) is 25.2. The first-order valence-electron chi connectivity index (χ1n) is 10.2. The van der Waals surface area contributed by atoms with Crippen LogP contribution in [-0.2, 0) is 0 Å². The summed E-state index contributed by atoms with van der Waals surface area (Å²) in [7, 11) is 2.10. The van der Waals surface area contributed by atoms with Crippen molar-refractivity contribution < 1.29 is 4.74 Å². The van der Waals surface area contributed by atoms with Gasteiger partial charge in [0.05, 0.1) is 18.7 Å². The highest BCUT2D eigenvalue weighted by Crippen LogP contribution is 2.37. The fourth-order valence-corrected chi connectivity index (χ4v) is 4.62.